The van der Waals surface area contributed by atoms with E-state index >= 15 is 0 Å². The highest BCUT2D eigenvalue weighted by atomic mass is 32.2. The van der Waals surface area contributed by atoms with Crippen LogP contribution >= 0.6 is 0 Å². The van der Waals surface area contributed by atoms with Crippen LogP contribution in [0.5, 0.6) is 0 Å². The first-order valence-electron chi connectivity index (χ1n) is 11.3. The Morgan fingerprint density at radius 1 is 1.00 bits per heavy atom. The molecule has 1 atom stereocenters. The standard InChI is InChI=1S/C26H25N3O6S/c1-2-35-26(32)19-9-6-10-20(15-19)27-25(31)24(17-7-4-3-5-8-17)29-36(33,34)21-12-13-22-18(16-21)11-14-23(30)28-22/h3-10,12-13,15-16,24,29H,2,11,14H2,1H3,(H,27,31)(H,28,30). The van der Waals surface area contributed by atoms with Gasteiger partial charge in [0.2, 0.25) is 21.8 Å². The van der Waals surface area contributed by atoms with Gasteiger partial charge < -0.3 is 15.4 Å². The van der Waals surface area contributed by atoms with Crippen LogP contribution in [0.2, 0.25) is 0 Å². The Hall–Kier alpha value is -4.02. The maximum absolute atomic E-state index is 13.3. The summed E-state index contributed by atoms with van der Waals surface area (Å²) in [6, 6.07) is 17.8. The van der Waals surface area contributed by atoms with Crippen molar-refractivity contribution >= 4 is 39.2 Å². The summed E-state index contributed by atoms with van der Waals surface area (Å²) in [6.07, 6.45) is 0.688. The molecule has 3 N–H and O–H groups in total. The molecule has 4 rings (SSSR count). The largest absolute Gasteiger partial charge is 0.462 e. The van der Waals surface area contributed by atoms with Gasteiger partial charge in [-0.3, -0.25) is 9.59 Å². The molecular formula is C26H25N3O6S. The number of esters is 1. The fourth-order valence-electron chi connectivity index (χ4n) is 3.82. The molecule has 10 heteroatoms. The van der Waals surface area contributed by atoms with Crippen LogP contribution in [0.25, 0.3) is 0 Å². The summed E-state index contributed by atoms with van der Waals surface area (Å²) in [6.45, 7) is 1.90. The number of carbonyl (C=O) groups is 3. The van der Waals surface area contributed by atoms with Crippen molar-refractivity contribution in [3.05, 3.63) is 89.5 Å². The van der Waals surface area contributed by atoms with Crippen LogP contribution in [0.1, 0.15) is 40.9 Å². The number of sulfonamides is 1. The predicted molar refractivity (Wildman–Crippen MR) is 134 cm³/mol. The lowest BCUT2D eigenvalue weighted by Gasteiger charge is -2.21. The normalized spacial score (nSPS) is 13.8. The molecule has 0 saturated heterocycles. The van der Waals surface area contributed by atoms with Crippen molar-refractivity contribution < 1.29 is 27.5 Å². The van der Waals surface area contributed by atoms with Gasteiger partial charge in [0.05, 0.1) is 17.1 Å². The zero-order chi connectivity index (χ0) is 25.7. The lowest BCUT2D eigenvalue weighted by molar-refractivity contribution is -0.118. The quantitative estimate of drug-likeness (QED) is 0.401. The highest BCUT2D eigenvalue weighted by Crippen LogP contribution is 2.27. The van der Waals surface area contributed by atoms with Gasteiger partial charge in [0, 0.05) is 17.8 Å². The van der Waals surface area contributed by atoms with E-state index < -0.39 is 27.9 Å². The predicted octanol–water partition coefficient (Wildman–Crippen LogP) is 3.41. The SMILES string of the molecule is CCOC(=O)c1cccc(NC(=O)C(NS(=O)(=O)c2ccc3c(c2)CCC(=O)N3)c2ccccc2)c1. The van der Waals surface area contributed by atoms with Gasteiger partial charge >= 0.3 is 5.97 Å². The second kappa shape index (κ2) is 10.7. The molecular weight excluding hydrogens is 482 g/mol. The van der Waals surface area contributed by atoms with Crippen LogP contribution in [-0.4, -0.2) is 32.8 Å². The summed E-state index contributed by atoms with van der Waals surface area (Å²) >= 11 is 0. The van der Waals surface area contributed by atoms with E-state index in [4.69, 9.17) is 4.74 Å². The number of benzene rings is 3. The molecule has 3 aromatic rings. The van der Waals surface area contributed by atoms with Gasteiger partial charge in [-0.2, -0.15) is 4.72 Å². The van der Waals surface area contributed by atoms with E-state index in [-0.39, 0.29) is 29.4 Å². The van der Waals surface area contributed by atoms with E-state index in [9.17, 15) is 22.8 Å². The number of nitrogens with one attached hydrogen (secondary N) is 3. The number of anilines is 2. The first-order chi connectivity index (χ1) is 17.3. The van der Waals surface area contributed by atoms with Gasteiger partial charge in [-0.25, -0.2) is 13.2 Å². The Bertz CT molecular complexity index is 1410. The number of aryl methyl sites for hydroxylation is 1. The molecule has 1 heterocycles. The molecule has 0 aromatic heterocycles. The van der Waals surface area contributed by atoms with Crippen LogP contribution in [0.4, 0.5) is 11.4 Å². The summed E-state index contributed by atoms with van der Waals surface area (Å²) in [5.74, 6) is -1.28. The number of ether oxygens (including phenoxy) is 1. The highest BCUT2D eigenvalue weighted by Gasteiger charge is 2.28. The van der Waals surface area contributed by atoms with Crippen LogP contribution in [0.15, 0.2) is 77.7 Å². The van der Waals surface area contributed by atoms with Crippen molar-refractivity contribution in [2.45, 2.75) is 30.7 Å². The van der Waals surface area contributed by atoms with Gasteiger partial charge in [0.1, 0.15) is 6.04 Å². The van der Waals surface area contributed by atoms with E-state index in [2.05, 4.69) is 15.4 Å². The van der Waals surface area contributed by atoms with E-state index in [1.54, 1.807) is 61.5 Å². The van der Waals surface area contributed by atoms with Crippen molar-refractivity contribution in [3.63, 3.8) is 0 Å². The summed E-state index contributed by atoms with van der Waals surface area (Å²) in [5.41, 5.74) is 2.28. The van der Waals surface area contributed by atoms with Crippen LogP contribution in [0.3, 0.4) is 0 Å². The Morgan fingerprint density at radius 2 is 1.78 bits per heavy atom. The van der Waals surface area contributed by atoms with E-state index in [0.717, 1.165) is 0 Å². The van der Waals surface area contributed by atoms with E-state index in [1.807, 2.05) is 0 Å². The van der Waals surface area contributed by atoms with Crippen molar-refractivity contribution in [3.8, 4) is 0 Å². The molecule has 1 aliphatic rings. The minimum atomic E-state index is -4.12. The number of hydrogen-bond donors (Lipinski definition) is 3. The molecule has 36 heavy (non-hydrogen) atoms. The monoisotopic (exact) mass is 507 g/mol. The molecule has 0 spiro atoms. The second-order valence-electron chi connectivity index (χ2n) is 8.12. The zero-order valence-electron chi connectivity index (χ0n) is 19.5. The van der Waals surface area contributed by atoms with Gasteiger partial charge in [0.15, 0.2) is 0 Å². The molecule has 0 bridgehead atoms. The fourth-order valence-corrected chi connectivity index (χ4v) is 5.06. The molecule has 0 saturated carbocycles. The van der Waals surface area contributed by atoms with Gasteiger partial charge in [-0.15, -0.1) is 0 Å². The smallest absolute Gasteiger partial charge is 0.338 e. The molecule has 1 unspecified atom stereocenters. The zero-order valence-corrected chi connectivity index (χ0v) is 20.3. The molecule has 186 valence electrons. The molecule has 1 aliphatic heterocycles. The Balaban J connectivity index is 1.60. The van der Waals surface area contributed by atoms with Gasteiger partial charge in [0.25, 0.3) is 0 Å². The molecule has 0 radical (unpaired) electrons. The summed E-state index contributed by atoms with van der Waals surface area (Å²) in [5, 5.41) is 5.41. The van der Waals surface area contributed by atoms with Crippen LogP contribution in [0, 0.1) is 0 Å². The molecule has 3 aromatic carbocycles. The molecule has 0 fully saturated rings. The van der Waals surface area contributed by atoms with Crippen LogP contribution < -0.4 is 15.4 Å². The third-order valence-corrected chi connectivity index (χ3v) is 7.01. The van der Waals surface area contributed by atoms with Gasteiger partial charge in [-0.1, -0.05) is 36.4 Å². The number of fused-ring (bicyclic) bond motifs is 1. The summed E-state index contributed by atoms with van der Waals surface area (Å²) < 4.78 is 34.1. The van der Waals surface area contributed by atoms with Crippen LogP contribution in [-0.2, 0) is 30.8 Å². The number of amides is 2. The lowest BCUT2D eigenvalue weighted by Crippen LogP contribution is -2.37. The lowest BCUT2D eigenvalue weighted by atomic mass is 10.0. The summed E-state index contributed by atoms with van der Waals surface area (Å²) in [4.78, 5) is 36.9. The third-order valence-electron chi connectivity index (χ3n) is 5.59. The maximum Gasteiger partial charge on any atom is 0.338 e. The topological polar surface area (TPSA) is 131 Å². The first kappa shape index (κ1) is 25.1. The number of rotatable bonds is 8. The average Bonchev–Trinajstić information content (AvgIpc) is 2.87. The maximum atomic E-state index is 13.3. The minimum Gasteiger partial charge on any atom is -0.462 e. The fraction of sp³-hybridized carbons (Fsp3) is 0.192. The molecule has 0 aliphatic carbocycles. The van der Waals surface area contributed by atoms with E-state index in [0.29, 0.717) is 28.9 Å². The van der Waals surface area contributed by atoms with E-state index in [1.165, 1.54) is 18.2 Å². The molecule has 9 nitrogen and oxygen atoms in total. The average molecular weight is 508 g/mol. The van der Waals surface area contributed by atoms with Crippen molar-refractivity contribution in [1.82, 2.24) is 4.72 Å². The van der Waals surface area contributed by atoms with Crippen molar-refractivity contribution in [1.29, 1.82) is 0 Å². The summed E-state index contributed by atoms with van der Waals surface area (Å²) in [7, 11) is -4.12. The Morgan fingerprint density at radius 3 is 2.53 bits per heavy atom. The van der Waals surface area contributed by atoms with Crippen molar-refractivity contribution in [2.75, 3.05) is 17.2 Å². The second-order valence-corrected chi connectivity index (χ2v) is 9.84. The highest BCUT2D eigenvalue weighted by molar-refractivity contribution is 7.89. The Kier molecular flexibility index (Phi) is 7.47. The molecule has 2 amide bonds. The third kappa shape index (κ3) is 5.78. The number of hydrogen-bond acceptors (Lipinski definition) is 6. The first-order valence-corrected chi connectivity index (χ1v) is 12.8. The Labute approximate surface area is 208 Å². The van der Waals surface area contributed by atoms with Gasteiger partial charge in [-0.05, 0) is 60.9 Å². The number of carbonyl (C=O) groups excluding carboxylic acids is 3. The van der Waals surface area contributed by atoms with Crippen molar-refractivity contribution in [2.24, 2.45) is 0 Å². The minimum absolute atomic E-state index is 0.0181.